The molecule has 5 nitrogen and oxygen atoms in total. The van der Waals surface area contributed by atoms with Gasteiger partial charge in [-0.15, -0.1) is 0 Å². The molecule has 0 radical (unpaired) electrons. The van der Waals surface area contributed by atoms with Crippen molar-refractivity contribution >= 4 is 11.4 Å². The Kier molecular flexibility index (Phi) is 13.7. The first-order valence-electron chi connectivity index (χ1n) is 18.6. The summed E-state index contributed by atoms with van der Waals surface area (Å²) in [5.74, 6) is 6.54. The molecule has 0 spiro atoms. The number of hydrogen-bond donors (Lipinski definition) is 4. The molecule has 4 aliphatic carbocycles. The molecule has 0 saturated heterocycles. The zero-order valence-electron chi connectivity index (χ0n) is 30.7. The molecule has 3 fully saturated rings. The van der Waals surface area contributed by atoms with Crippen molar-refractivity contribution in [1.82, 2.24) is 0 Å². The van der Waals surface area contributed by atoms with E-state index in [1.165, 1.54) is 51.4 Å². The van der Waals surface area contributed by atoms with E-state index in [1.807, 2.05) is 39.0 Å². The second kappa shape index (κ2) is 16.6. The fourth-order valence-electron chi connectivity index (χ4n) is 9.94. The molecule has 0 aromatic heterocycles. The summed E-state index contributed by atoms with van der Waals surface area (Å²) in [7, 11) is 0. The molecule has 1 aromatic carbocycles. The van der Waals surface area contributed by atoms with Crippen LogP contribution in [0.15, 0.2) is 54.8 Å². The number of nitrogens with two attached hydrogens (primary N) is 4. The van der Waals surface area contributed by atoms with Gasteiger partial charge in [-0.3, -0.25) is 0 Å². The van der Waals surface area contributed by atoms with Crippen molar-refractivity contribution in [3.63, 3.8) is 0 Å². The summed E-state index contributed by atoms with van der Waals surface area (Å²) < 4.78 is 6.43. The zero-order valence-corrected chi connectivity index (χ0v) is 30.7. The van der Waals surface area contributed by atoms with E-state index < -0.39 is 0 Å². The lowest BCUT2D eigenvalue weighted by Gasteiger charge is -2.59. The summed E-state index contributed by atoms with van der Waals surface area (Å²) in [4.78, 5) is 0. The molecular weight excluding hydrogens is 564 g/mol. The van der Waals surface area contributed by atoms with Crippen LogP contribution in [0.25, 0.3) is 0 Å². The maximum absolute atomic E-state index is 6.43. The van der Waals surface area contributed by atoms with Crippen molar-refractivity contribution in [1.29, 1.82) is 0 Å². The monoisotopic (exact) mass is 635 g/mol. The van der Waals surface area contributed by atoms with Crippen LogP contribution < -0.4 is 27.7 Å². The summed E-state index contributed by atoms with van der Waals surface area (Å²) in [6.07, 6.45) is 22.4. The highest BCUT2D eigenvalue weighted by atomic mass is 16.5. The molecule has 0 amide bonds. The summed E-state index contributed by atoms with van der Waals surface area (Å²) in [5, 5.41) is 0. The third-order valence-corrected chi connectivity index (χ3v) is 12.3. The van der Waals surface area contributed by atoms with Crippen LogP contribution in [0.4, 0.5) is 11.4 Å². The zero-order chi connectivity index (χ0) is 34.2. The van der Waals surface area contributed by atoms with E-state index in [0.717, 1.165) is 54.1 Å². The third-order valence-electron chi connectivity index (χ3n) is 12.3. The van der Waals surface area contributed by atoms with Crippen LogP contribution in [-0.4, -0.2) is 12.1 Å². The van der Waals surface area contributed by atoms with Crippen LogP contribution in [0, 0.1) is 52.3 Å². The van der Waals surface area contributed by atoms with Crippen molar-refractivity contribution in [3.05, 3.63) is 54.8 Å². The van der Waals surface area contributed by atoms with Gasteiger partial charge in [0.2, 0.25) is 0 Å². The Bertz CT molecular complexity index is 1170. The minimum atomic E-state index is 0.0213. The molecule has 260 valence electrons. The van der Waals surface area contributed by atoms with E-state index in [2.05, 4.69) is 53.3 Å². The standard InChI is InChI=1S/C33H52N2O.C6H12N2.C2H6/c1-21(2)7-6-8-22(3)27-12-13-28-26-11-9-23-19-25(36-31-14-10-24(34)20-30(31)35)15-17-32(23,4)29(26)16-18-33(27,28)5;1-3-6(8)4-5(2)7;1-2/h9-11,14,20-23,25-29H,6-8,12-13,15-19,34-35H2,1-5H3;3-5H,1,7-8H2,2H3;1-2H3/b;6-4+;. The molecule has 46 heavy (non-hydrogen) atoms. The van der Waals surface area contributed by atoms with Gasteiger partial charge in [0.25, 0.3) is 0 Å². The van der Waals surface area contributed by atoms with Crippen molar-refractivity contribution in [2.24, 2.45) is 63.7 Å². The summed E-state index contributed by atoms with van der Waals surface area (Å²) >= 11 is 0. The number of hydrogen-bond acceptors (Lipinski definition) is 5. The molecule has 0 heterocycles. The molecule has 3 saturated carbocycles. The predicted molar refractivity (Wildman–Crippen MR) is 200 cm³/mol. The first kappa shape index (κ1) is 38.1. The Morgan fingerprint density at radius 2 is 1.63 bits per heavy atom. The highest BCUT2D eigenvalue weighted by Gasteiger charge is 2.59. The Balaban J connectivity index is 0.000000505. The lowest BCUT2D eigenvalue weighted by atomic mass is 9.46. The van der Waals surface area contributed by atoms with Gasteiger partial charge in [0.1, 0.15) is 5.75 Å². The highest BCUT2D eigenvalue weighted by Crippen LogP contribution is 2.67. The van der Waals surface area contributed by atoms with Crippen molar-refractivity contribution < 1.29 is 4.74 Å². The van der Waals surface area contributed by atoms with Gasteiger partial charge in [-0.25, -0.2) is 0 Å². The maximum atomic E-state index is 6.43. The van der Waals surface area contributed by atoms with Crippen LogP contribution in [-0.2, 0) is 0 Å². The van der Waals surface area contributed by atoms with Crippen LogP contribution in [0.5, 0.6) is 5.75 Å². The second-order valence-electron chi connectivity index (χ2n) is 15.9. The van der Waals surface area contributed by atoms with E-state index in [9.17, 15) is 0 Å². The first-order chi connectivity index (χ1) is 21.8. The molecule has 10 atom stereocenters. The minimum absolute atomic E-state index is 0.0213. The molecular formula is C41H70N4O. The largest absolute Gasteiger partial charge is 0.488 e. The third kappa shape index (κ3) is 8.74. The van der Waals surface area contributed by atoms with Crippen molar-refractivity contribution in [3.8, 4) is 5.75 Å². The topological polar surface area (TPSA) is 113 Å². The number of anilines is 2. The fraction of sp³-hybridized carbons (Fsp3) is 0.707. The van der Waals surface area contributed by atoms with E-state index in [1.54, 1.807) is 12.2 Å². The molecule has 4 aliphatic rings. The number of rotatable bonds is 9. The normalized spacial score (nSPS) is 34.4. The van der Waals surface area contributed by atoms with Crippen LogP contribution >= 0.6 is 0 Å². The van der Waals surface area contributed by atoms with Gasteiger partial charge in [0.15, 0.2) is 0 Å². The van der Waals surface area contributed by atoms with E-state index >= 15 is 0 Å². The number of ether oxygens (including phenoxy) is 1. The lowest BCUT2D eigenvalue weighted by Crippen LogP contribution is -2.52. The predicted octanol–water partition coefficient (Wildman–Crippen LogP) is 9.88. The van der Waals surface area contributed by atoms with Gasteiger partial charge < -0.3 is 27.7 Å². The molecule has 1 aromatic rings. The highest BCUT2D eigenvalue weighted by molar-refractivity contribution is 5.60. The van der Waals surface area contributed by atoms with Gasteiger partial charge in [0, 0.05) is 17.4 Å². The van der Waals surface area contributed by atoms with E-state index in [0.29, 0.717) is 33.8 Å². The number of allylic oxidation sites excluding steroid dienone is 3. The van der Waals surface area contributed by atoms with Gasteiger partial charge in [0.05, 0.1) is 11.8 Å². The average molecular weight is 635 g/mol. The number of benzene rings is 1. The Hall–Kier alpha value is -2.40. The van der Waals surface area contributed by atoms with Crippen LogP contribution in [0.2, 0.25) is 0 Å². The molecule has 5 heteroatoms. The number of fused-ring (bicyclic) bond motifs is 5. The average Bonchev–Trinajstić information content (AvgIpc) is 3.37. The molecule has 0 aliphatic heterocycles. The SMILES string of the molecule is C=C/C(N)=C\C(C)N.CC.CC(C)CCCC(C)C1CCC2C3C=CC4CC(Oc5ccc(N)cc5N)CCC4(C)C3CCC12C. The molecule has 5 rings (SSSR count). The summed E-state index contributed by atoms with van der Waals surface area (Å²) in [5.41, 5.74) is 25.7. The van der Waals surface area contributed by atoms with Crippen LogP contribution in [0.3, 0.4) is 0 Å². The van der Waals surface area contributed by atoms with Gasteiger partial charge in [-0.05, 0) is 134 Å². The Labute approximate surface area is 283 Å². The van der Waals surface area contributed by atoms with Crippen LogP contribution in [0.1, 0.15) is 120 Å². The number of nitrogen functional groups attached to an aromatic ring is 2. The molecule has 0 bridgehead atoms. The summed E-state index contributed by atoms with van der Waals surface area (Å²) in [6, 6.07) is 5.66. The fourth-order valence-corrected chi connectivity index (χ4v) is 9.94. The van der Waals surface area contributed by atoms with Gasteiger partial charge in [-0.1, -0.05) is 86.5 Å². The van der Waals surface area contributed by atoms with Crippen molar-refractivity contribution in [2.45, 2.75) is 132 Å². The molecule has 10 unspecified atom stereocenters. The van der Waals surface area contributed by atoms with Gasteiger partial charge in [-0.2, -0.15) is 0 Å². The van der Waals surface area contributed by atoms with Gasteiger partial charge >= 0.3 is 0 Å². The van der Waals surface area contributed by atoms with E-state index in [4.69, 9.17) is 27.7 Å². The summed E-state index contributed by atoms with van der Waals surface area (Å²) in [6.45, 7) is 22.0. The quantitative estimate of drug-likeness (QED) is 0.123. The Morgan fingerprint density at radius 1 is 0.957 bits per heavy atom. The first-order valence-corrected chi connectivity index (χ1v) is 18.6. The second-order valence-corrected chi connectivity index (χ2v) is 15.9. The molecule has 8 N–H and O–H groups in total. The lowest BCUT2D eigenvalue weighted by molar-refractivity contribution is -0.0782. The Morgan fingerprint density at radius 3 is 2.24 bits per heavy atom. The maximum Gasteiger partial charge on any atom is 0.142 e. The van der Waals surface area contributed by atoms with E-state index in [-0.39, 0.29) is 12.1 Å². The smallest absolute Gasteiger partial charge is 0.142 e. The minimum Gasteiger partial charge on any atom is -0.488 e. The van der Waals surface area contributed by atoms with Crippen molar-refractivity contribution in [2.75, 3.05) is 11.5 Å².